The van der Waals surface area contributed by atoms with Gasteiger partial charge in [0.15, 0.2) is 0 Å². The SMILES string of the molecule is CCS(=O)(=O)N1CCC(c2c[nH]c3c(C(N)=O)cc(/C(C)=C/C=C(\C)CNCCC(C)(C)C)cc23)CC1. The molecule has 0 atom stereocenters. The number of primary amides is 1. The fraction of sp³-hybridized carbons (Fsp3) is 0.552. The first-order valence-electron chi connectivity index (χ1n) is 13.3. The standard InChI is InChI=1S/C29H44N4O3S/c1-7-37(35,36)33-14-10-22(11-15-33)26-19-32-27-24(26)16-23(17-25(27)28(30)34)21(3)9-8-20(2)18-31-13-12-29(4,5)6/h8-9,16-17,19,22,31-32H,7,10-15,18H2,1-6H3,(H2,30,34)/b20-8+,21-9+. The molecule has 37 heavy (non-hydrogen) atoms. The van der Waals surface area contributed by atoms with E-state index >= 15 is 0 Å². The molecule has 0 saturated carbocycles. The predicted octanol–water partition coefficient (Wildman–Crippen LogP) is 5.17. The van der Waals surface area contributed by atoms with Gasteiger partial charge in [-0.3, -0.25) is 4.79 Å². The van der Waals surface area contributed by atoms with Gasteiger partial charge in [0.25, 0.3) is 5.91 Å². The molecule has 1 saturated heterocycles. The lowest BCUT2D eigenvalue weighted by atomic mass is 9.88. The van der Waals surface area contributed by atoms with Gasteiger partial charge in [0.2, 0.25) is 10.0 Å². The van der Waals surface area contributed by atoms with Crippen LogP contribution in [0.25, 0.3) is 16.5 Å². The maximum Gasteiger partial charge on any atom is 0.250 e. The van der Waals surface area contributed by atoms with Gasteiger partial charge in [0.1, 0.15) is 0 Å². The average molecular weight is 529 g/mol. The summed E-state index contributed by atoms with van der Waals surface area (Å²) >= 11 is 0. The van der Waals surface area contributed by atoms with E-state index < -0.39 is 15.9 Å². The van der Waals surface area contributed by atoms with Gasteiger partial charge < -0.3 is 16.0 Å². The fourth-order valence-corrected chi connectivity index (χ4v) is 5.94. The first-order chi connectivity index (χ1) is 17.3. The highest BCUT2D eigenvalue weighted by molar-refractivity contribution is 7.89. The van der Waals surface area contributed by atoms with Crippen LogP contribution in [0.15, 0.2) is 36.1 Å². The normalized spacial score (nSPS) is 17.0. The van der Waals surface area contributed by atoms with Gasteiger partial charge in [0.05, 0.1) is 16.8 Å². The number of nitrogens with zero attached hydrogens (tertiary/aromatic N) is 1. The summed E-state index contributed by atoms with van der Waals surface area (Å²) in [7, 11) is -3.17. The zero-order valence-corrected chi connectivity index (χ0v) is 24.1. The Kier molecular flexibility index (Phi) is 9.42. The summed E-state index contributed by atoms with van der Waals surface area (Å²) in [5, 5.41) is 4.49. The predicted molar refractivity (Wildman–Crippen MR) is 154 cm³/mol. The Labute approximate surface area is 222 Å². The molecule has 4 N–H and O–H groups in total. The first-order valence-corrected chi connectivity index (χ1v) is 14.9. The molecule has 1 fully saturated rings. The van der Waals surface area contributed by atoms with Gasteiger partial charge >= 0.3 is 0 Å². The Morgan fingerprint density at radius 2 is 1.86 bits per heavy atom. The number of nitrogens with one attached hydrogen (secondary N) is 2. The van der Waals surface area contributed by atoms with Crippen molar-refractivity contribution < 1.29 is 13.2 Å². The molecule has 1 aliphatic rings. The lowest BCUT2D eigenvalue weighted by molar-refractivity contribution is 0.100. The molecule has 8 heteroatoms. The van der Waals surface area contributed by atoms with Crippen molar-refractivity contribution in [1.29, 1.82) is 0 Å². The van der Waals surface area contributed by atoms with Crippen LogP contribution in [0.3, 0.4) is 0 Å². The number of aromatic nitrogens is 1. The molecule has 0 radical (unpaired) electrons. The van der Waals surface area contributed by atoms with Crippen LogP contribution in [0, 0.1) is 5.41 Å². The zero-order valence-electron chi connectivity index (χ0n) is 23.3. The highest BCUT2D eigenvalue weighted by Gasteiger charge is 2.29. The number of allylic oxidation sites excluding steroid dienone is 3. The summed E-state index contributed by atoms with van der Waals surface area (Å²) in [4.78, 5) is 15.6. The minimum atomic E-state index is -3.17. The van der Waals surface area contributed by atoms with E-state index in [1.807, 2.05) is 19.2 Å². The van der Waals surface area contributed by atoms with Crippen molar-refractivity contribution in [2.45, 2.75) is 66.7 Å². The van der Waals surface area contributed by atoms with E-state index in [0.717, 1.165) is 60.0 Å². The van der Waals surface area contributed by atoms with Crippen LogP contribution < -0.4 is 11.1 Å². The van der Waals surface area contributed by atoms with E-state index in [9.17, 15) is 13.2 Å². The second-order valence-corrected chi connectivity index (χ2v) is 13.7. The van der Waals surface area contributed by atoms with E-state index in [-0.39, 0.29) is 11.7 Å². The summed E-state index contributed by atoms with van der Waals surface area (Å²) in [6.45, 7) is 15.4. The molecule has 1 aromatic heterocycles. The molecule has 0 aliphatic carbocycles. The quantitative estimate of drug-likeness (QED) is 0.292. The van der Waals surface area contributed by atoms with E-state index in [0.29, 0.717) is 24.1 Å². The van der Waals surface area contributed by atoms with E-state index in [1.165, 1.54) is 5.57 Å². The summed E-state index contributed by atoms with van der Waals surface area (Å²) < 4.78 is 26.1. The van der Waals surface area contributed by atoms with Gasteiger partial charge in [-0.05, 0) is 86.7 Å². The molecule has 1 aliphatic heterocycles. The molecule has 2 aromatic rings. The number of hydrogen-bond donors (Lipinski definition) is 3. The first kappa shape index (κ1) is 29.1. The molecule has 1 aromatic carbocycles. The van der Waals surface area contributed by atoms with Gasteiger partial charge in [-0.15, -0.1) is 0 Å². The van der Waals surface area contributed by atoms with Crippen LogP contribution in [-0.4, -0.2) is 55.5 Å². The Hall–Kier alpha value is -2.42. The van der Waals surface area contributed by atoms with Crippen molar-refractivity contribution in [3.8, 4) is 0 Å². The highest BCUT2D eigenvalue weighted by Crippen LogP contribution is 2.36. The number of benzene rings is 1. The van der Waals surface area contributed by atoms with Crippen molar-refractivity contribution in [3.05, 3.63) is 52.7 Å². The molecule has 3 rings (SSSR count). The smallest absolute Gasteiger partial charge is 0.250 e. The van der Waals surface area contributed by atoms with Crippen LogP contribution >= 0.6 is 0 Å². The summed E-state index contributed by atoms with van der Waals surface area (Å²) in [5.41, 5.74) is 11.7. The number of H-pyrrole nitrogens is 1. The number of rotatable bonds is 10. The second kappa shape index (κ2) is 12.0. The maximum atomic E-state index is 12.3. The number of nitrogens with two attached hydrogens (primary N) is 1. The Balaban J connectivity index is 1.82. The van der Waals surface area contributed by atoms with Crippen LogP contribution in [0.4, 0.5) is 0 Å². The summed E-state index contributed by atoms with van der Waals surface area (Å²) in [5.74, 6) is -0.118. The maximum absolute atomic E-state index is 12.3. The van der Waals surface area contributed by atoms with Gasteiger partial charge in [-0.1, -0.05) is 38.5 Å². The van der Waals surface area contributed by atoms with Crippen molar-refractivity contribution in [2.24, 2.45) is 11.1 Å². The molecule has 1 amide bonds. The van der Waals surface area contributed by atoms with E-state index in [2.05, 4.69) is 56.2 Å². The Morgan fingerprint density at radius 3 is 2.46 bits per heavy atom. The topological polar surface area (TPSA) is 108 Å². The second-order valence-electron chi connectivity index (χ2n) is 11.5. The van der Waals surface area contributed by atoms with Gasteiger partial charge in [0, 0.05) is 31.2 Å². The third-order valence-electron chi connectivity index (χ3n) is 7.27. The number of sulfonamides is 1. The molecule has 0 unspecified atom stereocenters. The van der Waals surface area contributed by atoms with Crippen molar-refractivity contribution in [2.75, 3.05) is 31.9 Å². The van der Waals surface area contributed by atoms with Crippen LogP contribution in [0.2, 0.25) is 0 Å². The fourth-order valence-electron chi connectivity index (χ4n) is 4.81. The highest BCUT2D eigenvalue weighted by atomic mass is 32.2. The van der Waals surface area contributed by atoms with Gasteiger partial charge in [-0.25, -0.2) is 12.7 Å². The lowest BCUT2D eigenvalue weighted by Crippen LogP contribution is -2.38. The number of fused-ring (bicyclic) bond motifs is 1. The Bertz CT molecular complexity index is 1270. The number of amides is 1. The molecule has 0 spiro atoms. The number of carbonyl (C=O) groups excluding carboxylic acids is 1. The number of hydrogen-bond acceptors (Lipinski definition) is 4. The number of piperidine rings is 1. The largest absolute Gasteiger partial charge is 0.366 e. The molecule has 204 valence electrons. The molecular weight excluding hydrogens is 484 g/mol. The Morgan fingerprint density at radius 1 is 1.19 bits per heavy atom. The third-order valence-corrected chi connectivity index (χ3v) is 9.15. The zero-order chi connectivity index (χ0) is 27.4. The monoisotopic (exact) mass is 528 g/mol. The molecular formula is C29H44N4O3S. The number of aromatic amines is 1. The third kappa shape index (κ3) is 7.55. The van der Waals surface area contributed by atoms with E-state index in [4.69, 9.17) is 5.73 Å². The van der Waals surface area contributed by atoms with Crippen LogP contribution in [0.5, 0.6) is 0 Å². The summed E-state index contributed by atoms with van der Waals surface area (Å²) in [6, 6.07) is 3.98. The lowest BCUT2D eigenvalue weighted by Gasteiger charge is -2.31. The molecule has 7 nitrogen and oxygen atoms in total. The van der Waals surface area contributed by atoms with Gasteiger partial charge in [-0.2, -0.15) is 0 Å². The summed E-state index contributed by atoms with van der Waals surface area (Å²) in [6.07, 6.45) is 8.80. The van der Waals surface area contributed by atoms with Crippen molar-refractivity contribution in [1.82, 2.24) is 14.6 Å². The molecule has 0 bridgehead atoms. The number of carbonyl (C=O) groups is 1. The van der Waals surface area contributed by atoms with E-state index in [1.54, 1.807) is 11.2 Å². The minimum absolute atomic E-state index is 0.128. The van der Waals surface area contributed by atoms with Crippen LogP contribution in [-0.2, 0) is 10.0 Å². The minimum Gasteiger partial charge on any atom is -0.366 e. The van der Waals surface area contributed by atoms with Crippen LogP contribution in [0.1, 0.15) is 88.2 Å². The van der Waals surface area contributed by atoms with Crippen molar-refractivity contribution in [3.63, 3.8) is 0 Å². The van der Waals surface area contributed by atoms with Crippen molar-refractivity contribution >= 4 is 32.4 Å². The average Bonchev–Trinajstić information content (AvgIpc) is 3.28. The molecule has 2 heterocycles.